The van der Waals surface area contributed by atoms with Crippen LogP contribution in [0, 0.1) is 5.92 Å². The molecule has 9 nitrogen and oxygen atoms in total. The zero-order valence-corrected chi connectivity index (χ0v) is 18.5. The van der Waals surface area contributed by atoms with Gasteiger partial charge in [-0.05, 0) is 44.1 Å². The molecule has 0 amide bonds. The first-order valence-electron chi connectivity index (χ1n) is 11.7. The average Bonchev–Trinajstić information content (AvgIpc) is 3.34. The molecular formula is C24H27N7O2. The summed E-state index contributed by atoms with van der Waals surface area (Å²) in [7, 11) is 0. The van der Waals surface area contributed by atoms with Crippen LogP contribution in [-0.2, 0) is 11.2 Å². The van der Waals surface area contributed by atoms with Crippen LogP contribution in [0.5, 0.6) is 5.75 Å². The molecule has 1 saturated heterocycles. The molecule has 1 saturated carbocycles. The first-order valence-corrected chi connectivity index (χ1v) is 11.7. The monoisotopic (exact) mass is 445 g/mol. The quantitative estimate of drug-likeness (QED) is 0.463. The molecule has 9 heteroatoms. The van der Waals surface area contributed by atoms with Crippen molar-refractivity contribution >= 4 is 22.4 Å². The van der Waals surface area contributed by atoms with Gasteiger partial charge < -0.3 is 14.4 Å². The number of anilines is 1. The minimum Gasteiger partial charge on any atom is -0.488 e. The van der Waals surface area contributed by atoms with Crippen LogP contribution in [0.1, 0.15) is 31.4 Å². The van der Waals surface area contributed by atoms with E-state index in [0.717, 1.165) is 92.2 Å². The van der Waals surface area contributed by atoms with Gasteiger partial charge in [-0.2, -0.15) is 5.10 Å². The Hall–Kier alpha value is -3.33. The van der Waals surface area contributed by atoms with Gasteiger partial charge in [-0.1, -0.05) is 0 Å². The number of fused-ring (bicyclic) bond motifs is 2. The Kier molecular flexibility index (Phi) is 5.47. The Morgan fingerprint density at radius 1 is 0.939 bits per heavy atom. The average molecular weight is 446 g/mol. The van der Waals surface area contributed by atoms with Crippen molar-refractivity contribution in [2.75, 3.05) is 31.2 Å². The summed E-state index contributed by atoms with van der Waals surface area (Å²) in [5.41, 5.74) is 4.78. The molecule has 1 aliphatic heterocycles. The normalized spacial score (nSPS) is 21.5. The van der Waals surface area contributed by atoms with Crippen molar-refractivity contribution in [1.82, 2.24) is 29.5 Å². The van der Waals surface area contributed by atoms with E-state index in [9.17, 15) is 0 Å². The maximum atomic E-state index is 6.55. The van der Waals surface area contributed by atoms with E-state index < -0.39 is 0 Å². The van der Waals surface area contributed by atoms with Crippen LogP contribution in [0.25, 0.3) is 16.7 Å². The van der Waals surface area contributed by atoms with Gasteiger partial charge in [0.05, 0.1) is 24.8 Å². The Balaban J connectivity index is 1.14. The van der Waals surface area contributed by atoms with E-state index in [0.29, 0.717) is 5.92 Å². The first kappa shape index (κ1) is 20.3. The molecular weight excluding hydrogens is 418 g/mol. The second-order valence-corrected chi connectivity index (χ2v) is 8.88. The number of hydrogen-bond donors (Lipinski definition) is 0. The van der Waals surface area contributed by atoms with Crippen molar-refractivity contribution in [2.24, 2.45) is 5.92 Å². The number of rotatable bonds is 5. The second-order valence-electron chi connectivity index (χ2n) is 8.88. The van der Waals surface area contributed by atoms with Gasteiger partial charge in [0.1, 0.15) is 23.9 Å². The van der Waals surface area contributed by atoms with E-state index in [4.69, 9.17) is 9.47 Å². The molecule has 1 aromatic carbocycles. The fourth-order valence-corrected chi connectivity index (χ4v) is 4.93. The predicted octanol–water partition coefficient (Wildman–Crippen LogP) is 3.08. The molecule has 2 fully saturated rings. The number of benzene rings is 1. The van der Waals surface area contributed by atoms with E-state index in [2.05, 4.69) is 42.1 Å². The van der Waals surface area contributed by atoms with Crippen LogP contribution in [0.15, 0.2) is 43.2 Å². The molecule has 0 N–H and O–H groups in total. The molecule has 2 aliphatic rings. The first-order chi connectivity index (χ1) is 16.3. The van der Waals surface area contributed by atoms with Crippen LogP contribution >= 0.6 is 0 Å². The Labute approximate surface area is 191 Å². The number of aromatic nitrogens is 6. The molecule has 3 aromatic heterocycles. The van der Waals surface area contributed by atoms with E-state index in [1.54, 1.807) is 29.6 Å². The van der Waals surface area contributed by atoms with Crippen molar-refractivity contribution in [3.8, 4) is 5.75 Å². The molecule has 4 aromatic rings. The van der Waals surface area contributed by atoms with Gasteiger partial charge in [-0.15, -0.1) is 0 Å². The number of morpholine rings is 1. The fourth-order valence-electron chi connectivity index (χ4n) is 4.93. The molecule has 1 aliphatic carbocycles. The highest BCUT2D eigenvalue weighted by Crippen LogP contribution is 2.34. The second kappa shape index (κ2) is 8.90. The van der Waals surface area contributed by atoms with Crippen molar-refractivity contribution in [2.45, 2.75) is 38.2 Å². The molecule has 0 bridgehead atoms. The third-order valence-corrected chi connectivity index (χ3v) is 6.71. The van der Waals surface area contributed by atoms with Crippen LogP contribution in [-0.4, -0.2) is 62.0 Å². The maximum Gasteiger partial charge on any atom is 0.158 e. The zero-order chi connectivity index (χ0) is 22.0. The summed E-state index contributed by atoms with van der Waals surface area (Å²) in [4.78, 5) is 20.3. The number of hydrogen-bond acceptors (Lipinski definition) is 8. The predicted molar refractivity (Wildman–Crippen MR) is 123 cm³/mol. The van der Waals surface area contributed by atoms with Crippen molar-refractivity contribution in [3.63, 3.8) is 0 Å². The largest absolute Gasteiger partial charge is 0.488 e. The van der Waals surface area contributed by atoms with Crippen molar-refractivity contribution < 1.29 is 9.47 Å². The van der Waals surface area contributed by atoms with Crippen LogP contribution in [0.3, 0.4) is 0 Å². The molecule has 6 rings (SSSR count). The third kappa shape index (κ3) is 4.32. The topological polar surface area (TPSA) is 90.6 Å². The van der Waals surface area contributed by atoms with Gasteiger partial charge in [-0.25, -0.2) is 19.5 Å². The smallest absolute Gasteiger partial charge is 0.158 e. The Morgan fingerprint density at radius 2 is 1.79 bits per heavy atom. The number of nitrogens with zero attached hydrogens (tertiary/aromatic N) is 7. The van der Waals surface area contributed by atoms with Crippen molar-refractivity contribution in [1.29, 1.82) is 0 Å². The summed E-state index contributed by atoms with van der Waals surface area (Å²) in [5.74, 6) is 1.45. The summed E-state index contributed by atoms with van der Waals surface area (Å²) in [6.07, 6.45) is 12.3. The number of ether oxygens (including phenoxy) is 2. The molecule has 0 unspecified atom stereocenters. The van der Waals surface area contributed by atoms with E-state index >= 15 is 0 Å². The third-order valence-electron chi connectivity index (χ3n) is 6.71. The standard InChI is InChI=1S/C24H27N7O2/c1-3-20(4-2-17(1)11-18-12-23-27-15-29-31(23)16-28-18)33-22-14-19(30-7-9-32-10-8-30)13-21-24(22)26-6-5-25-21/h5-6,12-17,20H,1-4,7-11H2. The fraction of sp³-hybridized carbons (Fsp3) is 0.458. The summed E-state index contributed by atoms with van der Waals surface area (Å²) >= 11 is 0. The van der Waals surface area contributed by atoms with Gasteiger partial charge in [-0.3, -0.25) is 4.98 Å². The molecule has 0 atom stereocenters. The molecule has 33 heavy (non-hydrogen) atoms. The van der Waals surface area contributed by atoms with Crippen LogP contribution in [0.4, 0.5) is 5.69 Å². The summed E-state index contributed by atoms with van der Waals surface area (Å²) < 4.78 is 13.8. The summed E-state index contributed by atoms with van der Waals surface area (Å²) in [6.45, 7) is 3.26. The van der Waals surface area contributed by atoms with Crippen molar-refractivity contribution in [3.05, 3.63) is 48.9 Å². The highest BCUT2D eigenvalue weighted by atomic mass is 16.5. The Bertz CT molecular complexity index is 1250. The van der Waals surface area contributed by atoms with E-state index in [-0.39, 0.29) is 6.10 Å². The lowest BCUT2D eigenvalue weighted by atomic mass is 9.84. The SMILES string of the molecule is c1cnc2c(OC3CCC(Cc4cc5ncnn5cn4)CC3)cc(N3CCOCC3)cc2n1. The lowest BCUT2D eigenvalue weighted by molar-refractivity contribution is 0.122. The Morgan fingerprint density at radius 3 is 2.67 bits per heavy atom. The van der Waals surface area contributed by atoms with Gasteiger partial charge in [0, 0.05) is 49.0 Å². The molecule has 0 radical (unpaired) electrons. The highest BCUT2D eigenvalue weighted by molar-refractivity contribution is 5.85. The molecule has 170 valence electrons. The lowest BCUT2D eigenvalue weighted by Gasteiger charge is -2.31. The maximum absolute atomic E-state index is 6.55. The van der Waals surface area contributed by atoms with E-state index in [1.165, 1.54) is 0 Å². The minimum absolute atomic E-state index is 0.193. The summed E-state index contributed by atoms with van der Waals surface area (Å²) in [5, 5.41) is 4.12. The van der Waals surface area contributed by atoms with Gasteiger partial charge in [0.15, 0.2) is 5.65 Å². The zero-order valence-electron chi connectivity index (χ0n) is 18.5. The lowest BCUT2D eigenvalue weighted by Crippen LogP contribution is -2.36. The minimum atomic E-state index is 0.193. The van der Waals surface area contributed by atoms with Gasteiger partial charge >= 0.3 is 0 Å². The van der Waals surface area contributed by atoms with E-state index in [1.807, 2.05) is 6.07 Å². The van der Waals surface area contributed by atoms with Gasteiger partial charge in [0.25, 0.3) is 0 Å². The summed E-state index contributed by atoms with van der Waals surface area (Å²) in [6, 6.07) is 6.28. The molecule has 0 spiro atoms. The van der Waals surface area contributed by atoms with Crippen LogP contribution in [0.2, 0.25) is 0 Å². The van der Waals surface area contributed by atoms with Gasteiger partial charge in [0.2, 0.25) is 0 Å². The highest BCUT2D eigenvalue weighted by Gasteiger charge is 2.25. The molecule has 4 heterocycles. The van der Waals surface area contributed by atoms with Crippen LogP contribution < -0.4 is 9.64 Å².